The van der Waals surface area contributed by atoms with E-state index in [-0.39, 0.29) is 20.2 Å². The van der Waals surface area contributed by atoms with Crippen molar-refractivity contribution in [1.82, 2.24) is 9.61 Å². The number of carbonyl (C=O) groups is 2. The van der Waals surface area contributed by atoms with Crippen molar-refractivity contribution in [3.8, 4) is 0 Å². The molecule has 0 fully saturated rings. The average Bonchev–Trinajstić information content (AvgIpc) is 3.53. The molecule has 8 nitrogen and oxygen atoms in total. The SMILES string of the molecule is CC.CC.CC.C[C](=[W])N=C(Cc1ccc(N(C)C(=O)c2cccc(NC(=O)C(C)=C(C)C)c2)cc1)N=[C-]Cc1cnn2ccccc12.[B]. The Labute approximate surface area is 306 Å². The van der Waals surface area contributed by atoms with E-state index >= 15 is 0 Å². The molecule has 0 unspecified atom stereocenters. The van der Waals surface area contributed by atoms with Crippen molar-refractivity contribution < 1.29 is 28.9 Å². The Morgan fingerprint density at radius 3 is 2.18 bits per heavy atom. The van der Waals surface area contributed by atoms with E-state index in [2.05, 4.69) is 26.6 Å². The number of aliphatic imine (C=N–C) groups is 2. The maximum absolute atomic E-state index is 13.3. The van der Waals surface area contributed by atoms with Crippen molar-refractivity contribution in [2.45, 2.75) is 82.1 Å². The molecule has 2 aromatic heterocycles. The van der Waals surface area contributed by atoms with Gasteiger partial charge in [0, 0.05) is 19.7 Å². The first-order valence-electron chi connectivity index (χ1n) is 16.5. The van der Waals surface area contributed by atoms with Crippen LogP contribution in [0, 0.1) is 0 Å². The van der Waals surface area contributed by atoms with Crippen LogP contribution < -0.4 is 10.2 Å². The van der Waals surface area contributed by atoms with E-state index in [0.29, 0.717) is 35.5 Å². The Bertz CT molecular complexity index is 1720. The predicted octanol–water partition coefficient (Wildman–Crippen LogP) is 8.43. The number of pyridine rings is 1. The van der Waals surface area contributed by atoms with Crippen LogP contribution in [0.1, 0.15) is 90.7 Å². The van der Waals surface area contributed by atoms with Gasteiger partial charge in [-0.25, -0.2) is 0 Å². The third-order valence-electron chi connectivity index (χ3n) is 6.72. The van der Waals surface area contributed by atoms with E-state index in [1.54, 1.807) is 43.1 Å². The summed E-state index contributed by atoms with van der Waals surface area (Å²) in [5.41, 5.74) is 6.51. The van der Waals surface area contributed by atoms with Gasteiger partial charge in [0.25, 0.3) is 5.91 Å². The molecule has 4 rings (SSSR count). The monoisotopic (exact) mass is 830 g/mol. The molecule has 2 heterocycles. The van der Waals surface area contributed by atoms with Crippen LogP contribution in [-0.2, 0) is 37.0 Å². The fourth-order valence-corrected chi connectivity index (χ4v) is 4.52. The normalized spacial score (nSPS) is 10.2. The van der Waals surface area contributed by atoms with Gasteiger partial charge in [-0.2, -0.15) is 0 Å². The maximum Gasteiger partial charge on any atom is 0 e. The van der Waals surface area contributed by atoms with Crippen molar-refractivity contribution in [2.24, 2.45) is 9.98 Å². The fourth-order valence-electron chi connectivity index (χ4n) is 4.14. The quantitative estimate of drug-likeness (QED) is 0.0604. The van der Waals surface area contributed by atoms with Gasteiger partial charge in [0.2, 0.25) is 0 Å². The largest absolute Gasteiger partial charge is 0 e. The summed E-state index contributed by atoms with van der Waals surface area (Å²) in [5, 5.41) is 7.24. The van der Waals surface area contributed by atoms with Gasteiger partial charge in [-0.1, -0.05) is 53.2 Å². The molecule has 1 N–H and O–H groups in total. The summed E-state index contributed by atoms with van der Waals surface area (Å²) < 4.78 is 2.83. The van der Waals surface area contributed by atoms with Gasteiger partial charge in [0.1, 0.15) is 0 Å². The van der Waals surface area contributed by atoms with E-state index in [4.69, 9.17) is 0 Å². The molecule has 0 aliphatic rings. The summed E-state index contributed by atoms with van der Waals surface area (Å²) in [7, 11) is 1.74. The number of hydrogen-bond acceptors (Lipinski definition) is 4. The number of allylic oxidation sites excluding steroid dienone is 1. The van der Waals surface area contributed by atoms with Gasteiger partial charge in [0.15, 0.2) is 0 Å². The molecule has 2 amide bonds. The van der Waals surface area contributed by atoms with Crippen molar-refractivity contribution in [3.05, 3.63) is 107 Å². The third-order valence-corrected chi connectivity index (χ3v) is 7.05. The first kappa shape index (κ1) is 44.8. The summed E-state index contributed by atoms with van der Waals surface area (Å²) in [6.07, 6.45) is 7.98. The van der Waals surface area contributed by atoms with Gasteiger partial charge >= 0.3 is 192 Å². The molecule has 0 bridgehead atoms. The van der Waals surface area contributed by atoms with E-state index in [1.165, 1.54) is 19.4 Å². The number of aromatic nitrogens is 2. The number of hydrogen-bond donors (Lipinski definition) is 1. The summed E-state index contributed by atoms with van der Waals surface area (Å²) in [5.74, 6) is 0.325. The molecule has 4 aromatic rings. The molecular weight excluding hydrogens is 779 g/mol. The van der Waals surface area contributed by atoms with E-state index in [9.17, 15) is 9.59 Å². The molecule has 0 saturated heterocycles. The molecule has 0 saturated carbocycles. The van der Waals surface area contributed by atoms with Crippen LogP contribution >= 0.6 is 0 Å². The Morgan fingerprint density at radius 2 is 1.57 bits per heavy atom. The van der Waals surface area contributed by atoms with Crippen molar-refractivity contribution in [1.29, 1.82) is 0 Å². The summed E-state index contributed by atoms with van der Waals surface area (Å²) in [6, 6.07) is 20.7. The van der Waals surface area contributed by atoms with Crippen LogP contribution in [0.25, 0.3) is 5.52 Å². The van der Waals surface area contributed by atoms with Crippen LogP contribution in [-0.4, -0.2) is 53.0 Å². The van der Waals surface area contributed by atoms with Gasteiger partial charge in [-0.3, -0.25) is 4.79 Å². The average molecular weight is 831 g/mol. The van der Waals surface area contributed by atoms with Crippen molar-refractivity contribution in [3.63, 3.8) is 0 Å². The van der Waals surface area contributed by atoms with Gasteiger partial charge in [-0.05, 0) is 26.8 Å². The fraction of sp³-hybridized carbons (Fsp3) is 0.333. The molecule has 0 atom stereocenters. The number of fused-ring (bicyclic) bond motifs is 1. The number of benzene rings is 2. The minimum atomic E-state index is -0.180. The standard InChI is InChI=1S/C33H33N6O2.3C2H6.B.W/c1-6-34-31(35-18-17-27-22-36-39-19-8-7-12-30(27)39)20-25-13-15-29(16-14-25)38(5)33(41)26-10-9-11-28(21-26)37-32(40)24(4)23(2)3;3*1-2;;/h7-16,19,21-22H,17,20H2,1-5H3,(H,37,40);3*1-2H3;;/q-1;;;;;. The van der Waals surface area contributed by atoms with Crippen molar-refractivity contribution in [2.75, 3.05) is 17.3 Å². The smallest absolute Gasteiger partial charge is 0 e. The van der Waals surface area contributed by atoms with Crippen LogP contribution in [0.2, 0.25) is 0 Å². The first-order valence-corrected chi connectivity index (χ1v) is 17.9. The molecule has 49 heavy (non-hydrogen) atoms. The molecular formula is C39H51BN6O2W-. The summed E-state index contributed by atoms with van der Waals surface area (Å²) in [6.45, 7) is 19.5. The van der Waals surface area contributed by atoms with Crippen LogP contribution in [0.4, 0.5) is 11.4 Å². The van der Waals surface area contributed by atoms with Gasteiger partial charge < -0.3 is 5.32 Å². The van der Waals surface area contributed by atoms with Crippen LogP contribution in [0.5, 0.6) is 0 Å². The second-order valence-electron chi connectivity index (χ2n) is 10.1. The number of carbonyl (C=O) groups excluding carboxylic acids is 2. The van der Waals surface area contributed by atoms with E-state index < -0.39 is 0 Å². The Morgan fingerprint density at radius 1 is 0.918 bits per heavy atom. The van der Waals surface area contributed by atoms with Crippen molar-refractivity contribution >= 4 is 53.2 Å². The zero-order valence-corrected chi connectivity index (χ0v) is 33.9. The minimum Gasteiger partial charge on any atom is 0 e. The number of nitrogens with zero attached hydrogens (tertiary/aromatic N) is 5. The first-order chi connectivity index (χ1) is 23.1. The number of rotatable bonds is 9. The Hall–Kier alpha value is -4.23. The molecule has 10 heteroatoms. The molecule has 0 aliphatic heterocycles. The predicted molar refractivity (Wildman–Crippen MR) is 206 cm³/mol. The number of nitrogens with one attached hydrogen (secondary N) is 1. The van der Waals surface area contributed by atoms with Gasteiger partial charge in [-0.15, -0.1) is 0 Å². The van der Waals surface area contributed by atoms with Crippen LogP contribution in [0.15, 0.2) is 100 Å². The topological polar surface area (TPSA) is 91.4 Å². The van der Waals surface area contributed by atoms with E-state index in [1.807, 2.05) is 122 Å². The Kier molecular flexibility index (Phi) is 21.9. The maximum atomic E-state index is 13.3. The second kappa shape index (κ2) is 24.0. The zero-order chi connectivity index (χ0) is 36.2. The molecule has 0 aliphatic carbocycles. The van der Waals surface area contributed by atoms with E-state index in [0.717, 1.165) is 31.9 Å². The second-order valence-corrected chi connectivity index (χ2v) is 12.2. The van der Waals surface area contributed by atoms with Gasteiger partial charge in [0.05, 0.1) is 0 Å². The van der Waals surface area contributed by atoms with Crippen LogP contribution in [0.3, 0.4) is 0 Å². The molecule has 259 valence electrons. The summed E-state index contributed by atoms with van der Waals surface area (Å²) in [4.78, 5) is 36.5. The zero-order valence-electron chi connectivity index (χ0n) is 31.0. The minimum absolute atomic E-state index is 0. The third kappa shape index (κ3) is 14.0. The molecule has 3 radical (unpaired) electrons. The Balaban J connectivity index is 0.00000312. The molecule has 0 spiro atoms. The number of anilines is 2. The summed E-state index contributed by atoms with van der Waals surface area (Å²) >= 11 is 1.28. The number of amides is 2. The number of amidine groups is 1. The molecule has 2 aromatic carbocycles.